The predicted octanol–water partition coefficient (Wildman–Crippen LogP) is 2.72. The van der Waals surface area contributed by atoms with Gasteiger partial charge in [-0.15, -0.1) is 11.3 Å². The van der Waals surface area contributed by atoms with Crippen molar-refractivity contribution in [3.8, 4) is 0 Å². The molecule has 1 aromatic carbocycles. The van der Waals surface area contributed by atoms with E-state index in [1.807, 2.05) is 0 Å². The van der Waals surface area contributed by atoms with Crippen LogP contribution in [0.2, 0.25) is 0 Å². The van der Waals surface area contributed by atoms with Crippen molar-refractivity contribution in [3.63, 3.8) is 0 Å². The van der Waals surface area contributed by atoms with Crippen molar-refractivity contribution in [3.05, 3.63) is 51.7 Å². The number of benzene rings is 1. The summed E-state index contributed by atoms with van der Waals surface area (Å²) in [6.07, 6.45) is 0.408. The van der Waals surface area contributed by atoms with Gasteiger partial charge in [0.2, 0.25) is 0 Å². The molecular formula is C18H18FNO6S. The number of hydrogen-bond donors (Lipinski definition) is 1. The van der Waals surface area contributed by atoms with Crippen molar-refractivity contribution in [1.29, 1.82) is 0 Å². The molecule has 0 spiro atoms. The number of nitrogen functional groups attached to an aromatic ring is 1. The molecule has 7 nitrogen and oxygen atoms in total. The number of methoxy groups -OCH3 is 2. The topological polar surface area (TPSA) is 105 Å². The molecule has 0 saturated heterocycles. The molecule has 2 N–H and O–H groups in total. The average Bonchev–Trinajstić information content (AvgIpc) is 3.00. The summed E-state index contributed by atoms with van der Waals surface area (Å²) in [4.78, 5) is 35.9. The van der Waals surface area contributed by atoms with Gasteiger partial charge in [-0.25, -0.2) is 14.0 Å². The van der Waals surface area contributed by atoms with Crippen molar-refractivity contribution >= 4 is 34.2 Å². The van der Waals surface area contributed by atoms with Gasteiger partial charge < -0.3 is 19.9 Å². The normalized spacial score (nSPS) is 10.3. The number of rotatable bonds is 7. The summed E-state index contributed by atoms with van der Waals surface area (Å²) in [7, 11) is 2.37. The van der Waals surface area contributed by atoms with E-state index in [0.29, 0.717) is 6.42 Å². The lowest BCUT2D eigenvalue weighted by atomic mass is 10.1. The van der Waals surface area contributed by atoms with E-state index >= 15 is 0 Å². The number of halogens is 1. The van der Waals surface area contributed by atoms with E-state index in [2.05, 4.69) is 9.47 Å². The third kappa shape index (κ3) is 5.04. The Morgan fingerprint density at radius 2 is 1.70 bits per heavy atom. The number of carbonyl (C=O) groups excluding carboxylic acids is 3. The smallest absolute Gasteiger partial charge is 0.348 e. The van der Waals surface area contributed by atoms with Crippen LogP contribution in [0.5, 0.6) is 0 Å². The lowest BCUT2D eigenvalue weighted by Crippen LogP contribution is -2.13. The molecule has 0 aliphatic heterocycles. The molecule has 1 heterocycles. The van der Waals surface area contributed by atoms with E-state index in [4.69, 9.17) is 10.5 Å². The first-order valence-corrected chi connectivity index (χ1v) is 8.66. The molecule has 0 aliphatic carbocycles. The summed E-state index contributed by atoms with van der Waals surface area (Å²) < 4.78 is 27.4. The molecule has 0 radical (unpaired) electrons. The van der Waals surface area contributed by atoms with Crippen LogP contribution in [-0.4, -0.2) is 32.1 Å². The van der Waals surface area contributed by atoms with Gasteiger partial charge in [0.25, 0.3) is 0 Å². The molecule has 0 bridgehead atoms. The predicted molar refractivity (Wildman–Crippen MR) is 95.9 cm³/mol. The zero-order valence-electron chi connectivity index (χ0n) is 14.7. The van der Waals surface area contributed by atoms with Crippen molar-refractivity contribution in [2.24, 2.45) is 0 Å². The quantitative estimate of drug-likeness (QED) is 0.568. The number of nitrogens with two attached hydrogens (primary N) is 1. The van der Waals surface area contributed by atoms with E-state index < -0.39 is 17.9 Å². The molecule has 0 unspecified atom stereocenters. The van der Waals surface area contributed by atoms with E-state index in [9.17, 15) is 18.8 Å². The molecule has 0 aliphatic rings. The molecule has 144 valence electrons. The molecule has 2 rings (SSSR count). The fourth-order valence-electron chi connectivity index (χ4n) is 2.33. The third-order valence-electron chi connectivity index (χ3n) is 3.70. The molecular weight excluding hydrogens is 377 g/mol. The first-order valence-electron chi connectivity index (χ1n) is 7.85. The maximum Gasteiger partial charge on any atom is 0.348 e. The second-order valence-corrected chi connectivity index (χ2v) is 6.47. The summed E-state index contributed by atoms with van der Waals surface area (Å²) in [5.41, 5.74) is 6.71. The Morgan fingerprint density at radius 1 is 1.07 bits per heavy atom. The van der Waals surface area contributed by atoms with Crippen LogP contribution in [0, 0.1) is 5.82 Å². The first-order chi connectivity index (χ1) is 12.9. The van der Waals surface area contributed by atoms with Crippen LogP contribution in [0.15, 0.2) is 24.3 Å². The highest BCUT2D eigenvalue weighted by atomic mass is 32.1. The second kappa shape index (κ2) is 9.13. The SMILES string of the molecule is COC(=O)c1sc(N)c(C(=O)OC)c1COC(=O)CCc1ccc(F)cc1. The average molecular weight is 395 g/mol. The van der Waals surface area contributed by atoms with E-state index in [1.54, 1.807) is 12.1 Å². The van der Waals surface area contributed by atoms with Crippen LogP contribution in [0.1, 0.15) is 37.6 Å². The Morgan fingerprint density at radius 3 is 2.30 bits per heavy atom. The van der Waals surface area contributed by atoms with E-state index in [-0.39, 0.29) is 39.9 Å². The Bertz CT molecular complexity index is 846. The minimum atomic E-state index is -0.740. The molecule has 9 heteroatoms. The summed E-state index contributed by atoms with van der Waals surface area (Å²) in [5, 5.41) is 0.0691. The second-order valence-electron chi connectivity index (χ2n) is 5.42. The van der Waals surface area contributed by atoms with Crippen LogP contribution in [0.4, 0.5) is 9.39 Å². The minimum absolute atomic E-state index is 0.0192. The molecule has 0 amide bonds. The molecule has 0 atom stereocenters. The van der Waals surface area contributed by atoms with Gasteiger partial charge in [0.15, 0.2) is 0 Å². The summed E-state index contributed by atoms with van der Waals surface area (Å²) >= 11 is 0.856. The summed E-state index contributed by atoms with van der Waals surface area (Å²) in [6, 6.07) is 5.76. The Balaban J connectivity index is 2.08. The minimum Gasteiger partial charge on any atom is -0.465 e. The maximum atomic E-state index is 12.9. The summed E-state index contributed by atoms with van der Waals surface area (Å²) in [6.45, 7) is -0.329. The molecule has 2 aromatic rings. The highest BCUT2D eigenvalue weighted by Crippen LogP contribution is 2.33. The van der Waals surface area contributed by atoms with Gasteiger partial charge in [0.1, 0.15) is 27.9 Å². The number of hydrogen-bond acceptors (Lipinski definition) is 8. The number of esters is 3. The Kier molecular flexibility index (Phi) is 6.89. The lowest BCUT2D eigenvalue weighted by molar-refractivity contribution is -0.144. The van der Waals surface area contributed by atoms with Crippen LogP contribution >= 0.6 is 11.3 Å². The fourth-order valence-corrected chi connectivity index (χ4v) is 3.31. The molecule has 0 fully saturated rings. The largest absolute Gasteiger partial charge is 0.465 e. The zero-order valence-corrected chi connectivity index (χ0v) is 15.6. The molecule has 1 aromatic heterocycles. The number of thiophene rings is 1. The van der Waals surface area contributed by atoms with Gasteiger partial charge >= 0.3 is 17.9 Å². The first kappa shape index (κ1) is 20.4. The number of anilines is 1. The zero-order chi connectivity index (χ0) is 20.0. The lowest BCUT2D eigenvalue weighted by Gasteiger charge is -2.08. The van der Waals surface area contributed by atoms with Gasteiger partial charge in [-0.2, -0.15) is 0 Å². The number of carbonyl (C=O) groups is 3. The van der Waals surface area contributed by atoms with Crippen LogP contribution in [0.25, 0.3) is 0 Å². The van der Waals surface area contributed by atoms with E-state index in [1.165, 1.54) is 26.4 Å². The van der Waals surface area contributed by atoms with Crippen molar-refractivity contribution in [2.75, 3.05) is 20.0 Å². The van der Waals surface area contributed by atoms with Crippen LogP contribution < -0.4 is 5.73 Å². The van der Waals surface area contributed by atoms with Gasteiger partial charge in [0, 0.05) is 12.0 Å². The standard InChI is InChI=1S/C18H18FNO6S/c1-24-17(22)14-12(15(18(23)25-2)27-16(14)20)9-26-13(21)8-5-10-3-6-11(19)7-4-10/h3-4,6-7H,5,8-9,20H2,1-2H3. The highest BCUT2D eigenvalue weighted by molar-refractivity contribution is 7.18. The van der Waals surface area contributed by atoms with Crippen LogP contribution in [-0.2, 0) is 32.0 Å². The van der Waals surface area contributed by atoms with Gasteiger partial charge in [-0.1, -0.05) is 12.1 Å². The third-order valence-corrected chi connectivity index (χ3v) is 4.74. The van der Waals surface area contributed by atoms with Gasteiger partial charge in [0.05, 0.1) is 14.2 Å². The fraction of sp³-hybridized carbons (Fsp3) is 0.278. The maximum absolute atomic E-state index is 12.9. The monoisotopic (exact) mass is 395 g/mol. The van der Waals surface area contributed by atoms with Gasteiger partial charge in [-0.3, -0.25) is 4.79 Å². The van der Waals surface area contributed by atoms with Crippen LogP contribution in [0.3, 0.4) is 0 Å². The molecule has 27 heavy (non-hydrogen) atoms. The molecule has 0 saturated carbocycles. The van der Waals surface area contributed by atoms with Crippen molar-refractivity contribution < 1.29 is 33.0 Å². The van der Waals surface area contributed by atoms with Crippen molar-refractivity contribution in [2.45, 2.75) is 19.4 Å². The Hall–Kier alpha value is -2.94. The highest BCUT2D eigenvalue weighted by Gasteiger charge is 2.28. The van der Waals surface area contributed by atoms with Crippen molar-refractivity contribution in [1.82, 2.24) is 0 Å². The Labute approximate surface area is 158 Å². The van der Waals surface area contributed by atoms with E-state index in [0.717, 1.165) is 16.9 Å². The van der Waals surface area contributed by atoms with Gasteiger partial charge in [-0.05, 0) is 24.1 Å². The summed E-state index contributed by atoms with van der Waals surface area (Å²) in [5.74, 6) is -2.34. The number of aryl methyl sites for hydroxylation is 1. The number of ether oxygens (including phenoxy) is 3.